The second-order valence-electron chi connectivity index (χ2n) is 14.4. The Morgan fingerprint density at radius 2 is 1.03 bits per heavy atom. The largest absolute Gasteiger partial charge is 0.262 e. The van der Waals surface area contributed by atoms with E-state index in [1.54, 1.807) is 6.20 Å². The van der Waals surface area contributed by atoms with Gasteiger partial charge in [0.05, 0.1) is 45.0 Å². The lowest BCUT2D eigenvalue weighted by Crippen LogP contribution is -1.95. The van der Waals surface area contributed by atoms with E-state index in [4.69, 9.17) is 19.9 Å². The van der Waals surface area contributed by atoms with Crippen LogP contribution in [0.5, 0.6) is 0 Å². The number of rotatable bonds is 8. The summed E-state index contributed by atoms with van der Waals surface area (Å²) in [6.07, 6.45) is 5.85. The summed E-state index contributed by atoms with van der Waals surface area (Å²) in [5.74, 6) is 0.700. The number of aliphatic imine (C=N–C) groups is 1. The van der Waals surface area contributed by atoms with Gasteiger partial charge in [-0.1, -0.05) is 140 Å². The Balaban J connectivity index is 0.980. The summed E-state index contributed by atoms with van der Waals surface area (Å²) in [5.41, 5.74) is 15.1. The number of hydrogen-bond donors (Lipinski definition) is 0. The summed E-state index contributed by atoms with van der Waals surface area (Å²) in [5, 5.41) is 3.12. The zero-order valence-electron chi connectivity index (χ0n) is 32.3. The third-order valence-corrected chi connectivity index (χ3v) is 10.7. The molecule has 4 heterocycles. The minimum Gasteiger partial charge on any atom is -0.262 e. The van der Waals surface area contributed by atoms with Crippen LogP contribution in [-0.2, 0) is 0 Å². The van der Waals surface area contributed by atoms with E-state index >= 15 is 0 Å². The van der Waals surface area contributed by atoms with Crippen LogP contribution in [0, 0.1) is 0 Å². The molecule has 0 amide bonds. The SMILES string of the molecule is C=Nc1c(/C=C\C)c(-c2ccc3ccc(-c4ccc5ccc(-c6ccc(-c7cc(-c8ccccc8)nc(-c8ccccc8)n7)cc6)cc5n4)cc3n2)cc2cccnc12. The molecular weight excluding hydrogens is 721 g/mol. The maximum atomic E-state index is 5.19. The fourth-order valence-corrected chi connectivity index (χ4v) is 7.71. The highest BCUT2D eigenvalue weighted by atomic mass is 14.9. The first-order chi connectivity index (χ1) is 29.1. The Morgan fingerprint density at radius 1 is 0.458 bits per heavy atom. The molecule has 0 spiro atoms. The normalized spacial score (nSPS) is 11.5. The zero-order chi connectivity index (χ0) is 39.7. The van der Waals surface area contributed by atoms with E-state index in [-0.39, 0.29) is 0 Å². The molecular formula is C53H36N6. The Labute approximate surface area is 342 Å². The van der Waals surface area contributed by atoms with Crippen molar-refractivity contribution < 1.29 is 0 Å². The maximum absolute atomic E-state index is 5.19. The molecule has 6 nitrogen and oxygen atoms in total. The van der Waals surface area contributed by atoms with Crippen LogP contribution in [0.2, 0.25) is 0 Å². The van der Waals surface area contributed by atoms with Gasteiger partial charge in [0.2, 0.25) is 0 Å². The van der Waals surface area contributed by atoms with E-state index in [0.29, 0.717) is 5.82 Å². The molecule has 6 heteroatoms. The van der Waals surface area contributed by atoms with Crippen molar-refractivity contribution in [1.29, 1.82) is 0 Å². The van der Waals surface area contributed by atoms with Crippen molar-refractivity contribution in [1.82, 2.24) is 24.9 Å². The third kappa shape index (κ3) is 6.83. The summed E-state index contributed by atoms with van der Waals surface area (Å²) in [7, 11) is 0. The van der Waals surface area contributed by atoms with Gasteiger partial charge < -0.3 is 0 Å². The Bertz CT molecular complexity index is 3170. The number of nitrogens with zero attached hydrogens (tertiary/aromatic N) is 6. The average molecular weight is 757 g/mol. The van der Waals surface area contributed by atoms with Gasteiger partial charge in [-0.2, -0.15) is 0 Å². The minimum absolute atomic E-state index is 0.700. The number of hydrogen-bond acceptors (Lipinski definition) is 6. The standard InChI is InChI=1S/C53H36N6/c1-3-11-43-44(30-42-16-10-29-55-51(42)52(43)54-2)46-28-26-38-22-24-41(32-48(38)57-46)45-27-25-37-21-23-40(31-47(37)56-45)34-17-19-36(20-18-34)50-33-49(35-12-6-4-7-13-35)58-53(59-50)39-14-8-5-9-15-39/h3-33H,2H2,1H3/b11-3-. The van der Waals surface area contributed by atoms with Gasteiger partial charge in [-0.25, -0.2) is 19.9 Å². The van der Waals surface area contributed by atoms with Gasteiger partial charge >= 0.3 is 0 Å². The van der Waals surface area contributed by atoms with Crippen LogP contribution in [0.3, 0.4) is 0 Å². The fraction of sp³-hybridized carbons (Fsp3) is 0.0189. The van der Waals surface area contributed by atoms with Crippen LogP contribution in [0.25, 0.3) is 106 Å². The highest BCUT2D eigenvalue weighted by molar-refractivity contribution is 6.01. The minimum atomic E-state index is 0.700. The lowest BCUT2D eigenvalue weighted by atomic mass is 9.97. The summed E-state index contributed by atoms with van der Waals surface area (Å²) >= 11 is 0. The predicted octanol–water partition coefficient (Wildman–Crippen LogP) is 13.5. The highest BCUT2D eigenvalue weighted by Crippen LogP contribution is 2.38. The zero-order valence-corrected chi connectivity index (χ0v) is 32.3. The van der Waals surface area contributed by atoms with E-state index < -0.39 is 0 Å². The lowest BCUT2D eigenvalue weighted by Gasteiger charge is -2.13. The molecule has 0 saturated carbocycles. The summed E-state index contributed by atoms with van der Waals surface area (Å²) < 4.78 is 0. The van der Waals surface area contributed by atoms with Gasteiger partial charge in [-0.3, -0.25) is 9.98 Å². The van der Waals surface area contributed by atoms with Crippen LogP contribution in [0.4, 0.5) is 5.69 Å². The van der Waals surface area contributed by atoms with Crippen LogP contribution >= 0.6 is 0 Å². The molecule has 0 atom stereocenters. The predicted molar refractivity (Wildman–Crippen MR) is 244 cm³/mol. The van der Waals surface area contributed by atoms with Crippen molar-refractivity contribution in [3.8, 4) is 67.5 Å². The number of pyridine rings is 3. The molecule has 0 radical (unpaired) electrons. The Kier molecular flexibility index (Phi) is 9.12. The molecule has 10 rings (SSSR count). The van der Waals surface area contributed by atoms with E-state index in [9.17, 15) is 0 Å². The van der Waals surface area contributed by atoms with Crippen molar-refractivity contribution in [2.45, 2.75) is 6.92 Å². The lowest BCUT2D eigenvalue weighted by molar-refractivity contribution is 1.18. The molecule has 6 aromatic carbocycles. The summed E-state index contributed by atoms with van der Waals surface area (Å²) in [4.78, 5) is 29.3. The maximum Gasteiger partial charge on any atom is 0.160 e. The van der Waals surface area contributed by atoms with Crippen LogP contribution in [0.1, 0.15) is 12.5 Å². The van der Waals surface area contributed by atoms with Crippen LogP contribution in [0.15, 0.2) is 187 Å². The molecule has 0 aliphatic carbocycles. The van der Waals surface area contributed by atoms with Crippen LogP contribution in [-0.4, -0.2) is 31.6 Å². The molecule has 0 aliphatic heterocycles. The van der Waals surface area contributed by atoms with E-state index in [1.807, 2.05) is 73.7 Å². The molecule has 0 fully saturated rings. The first-order valence-corrected chi connectivity index (χ1v) is 19.6. The van der Waals surface area contributed by atoms with Gasteiger partial charge in [0.15, 0.2) is 5.82 Å². The van der Waals surface area contributed by atoms with Gasteiger partial charge in [0.1, 0.15) is 0 Å². The molecule has 0 unspecified atom stereocenters. The number of benzene rings is 6. The number of fused-ring (bicyclic) bond motifs is 3. The van der Waals surface area contributed by atoms with Gasteiger partial charge in [-0.05, 0) is 67.2 Å². The first kappa shape index (κ1) is 35.5. The first-order valence-electron chi connectivity index (χ1n) is 19.6. The average Bonchev–Trinajstić information content (AvgIpc) is 3.31. The summed E-state index contributed by atoms with van der Waals surface area (Å²) in [6, 6.07) is 58.4. The number of aromatic nitrogens is 5. The Morgan fingerprint density at radius 3 is 1.73 bits per heavy atom. The van der Waals surface area contributed by atoms with E-state index in [2.05, 4.69) is 132 Å². The molecule has 0 bridgehead atoms. The van der Waals surface area contributed by atoms with Crippen LogP contribution < -0.4 is 0 Å². The molecule has 0 N–H and O–H groups in total. The molecule has 278 valence electrons. The molecule has 59 heavy (non-hydrogen) atoms. The van der Waals surface area contributed by atoms with Crippen molar-refractivity contribution in [3.63, 3.8) is 0 Å². The quantitative estimate of drug-likeness (QED) is 0.144. The fourth-order valence-electron chi connectivity index (χ4n) is 7.71. The molecule has 0 aliphatic rings. The van der Waals surface area contributed by atoms with Gasteiger partial charge in [0, 0.05) is 55.7 Å². The number of allylic oxidation sites excluding steroid dienone is 1. The van der Waals surface area contributed by atoms with Crippen molar-refractivity contribution in [2.75, 3.05) is 0 Å². The highest BCUT2D eigenvalue weighted by Gasteiger charge is 2.16. The van der Waals surface area contributed by atoms with Crippen molar-refractivity contribution >= 4 is 51.2 Å². The second kappa shape index (κ2) is 15.2. The molecule has 4 aromatic heterocycles. The van der Waals surface area contributed by atoms with E-state index in [1.165, 1.54) is 0 Å². The summed E-state index contributed by atoms with van der Waals surface area (Å²) in [6.45, 7) is 5.88. The molecule has 10 aromatic rings. The smallest absolute Gasteiger partial charge is 0.160 e. The monoisotopic (exact) mass is 756 g/mol. The topological polar surface area (TPSA) is 76.8 Å². The van der Waals surface area contributed by atoms with Crippen molar-refractivity contribution in [3.05, 3.63) is 188 Å². The second-order valence-corrected chi connectivity index (χ2v) is 14.4. The molecule has 0 saturated heterocycles. The third-order valence-electron chi connectivity index (χ3n) is 10.7. The van der Waals surface area contributed by atoms with Gasteiger partial charge in [0.25, 0.3) is 0 Å². The Hall–Kier alpha value is -7.96. The van der Waals surface area contributed by atoms with E-state index in [0.717, 1.165) is 106 Å². The van der Waals surface area contributed by atoms with Crippen molar-refractivity contribution in [2.24, 2.45) is 4.99 Å². The van der Waals surface area contributed by atoms with Gasteiger partial charge in [-0.15, -0.1) is 0 Å².